The van der Waals surface area contributed by atoms with Gasteiger partial charge >= 0.3 is 5.97 Å². The van der Waals surface area contributed by atoms with Gasteiger partial charge in [-0.05, 0) is 30.9 Å². The van der Waals surface area contributed by atoms with Gasteiger partial charge in [-0.25, -0.2) is 9.18 Å². The number of aromatic nitrogens is 1. The van der Waals surface area contributed by atoms with Gasteiger partial charge in [-0.3, -0.25) is 4.79 Å². The van der Waals surface area contributed by atoms with E-state index in [2.05, 4.69) is 6.08 Å². The molecule has 1 aromatic carbocycles. The first-order valence-electron chi connectivity index (χ1n) is 9.81. The minimum absolute atomic E-state index is 0.0314. The molecule has 2 aliphatic carbocycles. The molecule has 8 heteroatoms. The van der Waals surface area contributed by atoms with Gasteiger partial charge in [-0.15, -0.1) is 0 Å². The summed E-state index contributed by atoms with van der Waals surface area (Å²) in [7, 11) is 0. The molecule has 150 valence electrons. The van der Waals surface area contributed by atoms with Gasteiger partial charge in [0.1, 0.15) is 17.9 Å². The third kappa shape index (κ3) is 2.04. The number of carbonyl (C=O) groups is 1. The topological polar surface area (TPSA) is 97.8 Å². The van der Waals surface area contributed by atoms with Crippen LogP contribution < -0.4 is 20.8 Å². The molecule has 0 amide bonds. The van der Waals surface area contributed by atoms with Crippen LogP contribution in [0.2, 0.25) is 0 Å². The molecule has 7 nitrogen and oxygen atoms in total. The molecular weight excluding hydrogens is 377 g/mol. The summed E-state index contributed by atoms with van der Waals surface area (Å²) in [6.07, 6.45) is 4.55. The van der Waals surface area contributed by atoms with Crippen molar-refractivity contribution in [3.8, 4) is 5.75 Å². The Kier molecular flexibility index (Phi) is 3.04. The van der Waals surface area contributed by atoms with Crippen molar-refractivity contribution < 1.29 is 19.0 Å². The van der Waals surface area contributed by atoms with Crippen LogP contribution in [0.3, 0.4) is 0 Å². The zero-order valence-corrected chi connectivity index (χ0v) is 15.8. The fraction of sp³-hybridized carbons (Fsp3) is 0.429. The highest BCUT2D eigenvalue weighted by atomic mass is 19.1. The van der Waals surface area contributed by atoms with E-state index in [0.717, 1.165) is 12.5 Å². The van der Waals surface area contributed by atoms with E-state index in [1.165, 1.54) is 11.8 Å². The average Bonchev–Trinajstić information content (AvgIpc) is 3.02. The number of halogens is 1. The Labute approximate surface area is 165 Å². The molecule has 6 rings (SSSR count). The van der Waals surface area contributed by atoms with Crippen molar-refractivity contribution in [3.05, 3.63) is 45.5 Å². The van der Waals surface area contributed by atoms with E-state index in [4.69, 9.17) is 10.5 Å². The molecule has 0 bridgehead atoms. The Bertz CT molecular complexity index is 1220. The zero-order valence-electron chi connectivity index (χ0n) is 15.8. The summed E-state index contributed by atoms with van der Waals surface area (Å²) in [4.78, 5) is 26.2. The Hall–Kier alpha value is -2.87. The number of anilines is 1. The molecule has 4 aliphatic rings. The van der Waals surface area contributed by atoms with E-state index in [1.807, 2.05) is 11.8 Å². The van der Waals surface area contributed by atoms with Crippen LogP contribution in [0.15, 0.2) is 28.7 Å². The van der Waals surface area contributed by atoms with E-state index in [1.54, 1.807) is 4.57 Å². The first kappa shape index (κ1) is 17.0. The summed E-state index contributed by atoms with van der Waals surface area (Å²) in [6.45, 7) is 3.35. The Morgan fingerprint density at radius 3 is 2.97 bits per heavy atom. The minimum Gasteiger partial charge on any atom is -0.487 e. The van der Waals surface area contributed by atoms with Crippen LogP contribution in [0.25, 0.3) is 10.9 Å². The summed E-state index contributed by atoms with van der Waals surface area (Å²) in [5.41, 5.74) is 7.26. The zero-order chi connectivity index (χ0) is 20.2. The third-order valence-corrected chi connectivity index (χ3v) is 7.08. The predicted molar refractivity (Wildman–Crippen MR) is 104 cm³/mol. The smallest absolute Gasteiger partial charge is 0.341 e. The summed E-state index contributed by atoms with van der Waals surface area (Å²) in [5.74, 6) is -0.926. The fourth-order valence-corrected chi connectivity index (χ4v) is 5.44. The molecule has 0 radical (unpaired) electrons. The number of nitrogens with zero attached hydrogens (tertiary/aromatic N) is 2. The first-order valence-corrected chi connectivity index (χ1v) is 9.81. The number of fused-ring (bicyclic) bond motifs is 3. The van der Waals surface area contributed by atoms with Crippen LogP contribution in [0, 0.1) is 17.7 Å². The predicted octanol–water partition coefficient (Wildman–Crippen LogP) is 1.89. The van der Waals surface area contributed by atoms with Gasteiger partial charge < -0.3 is 25.0 Å². The van der Waals surface area contributed by atoms with Crippen LogP contribution in [-0.4, -0.2) is 40.9 Å². The highest BCUT2D eigenvalue weighted by molar-refractivity contribution is 5.97. The second kappa shape index (κ2) is 5.18. The number of ether oxygens (including phenoxy) is 1. The van der Waals surface area contributed by atoms with E-state index in [-0.39, 0.29) is 35.1 Å². The highest BCUT2D eigenvalue weighted by Gasteiger charge is 2.62. The van der Waals surface area contributed by atoms with Crippen LogP contribution in [-0.2, 0) is 0 Å². The molecule has 1 saturated heterocycles. The van der Waals surface area contributed by atoms with Crippen molar-refractivity contribution in [1.82, 2.24) is 4.57 Å². The van der Waals surface area contributed by atoms with E-state index < -0.39 is 17.2 Å². The van der Waals surface area contributed by atoms with Gasteiger partial charge in [0.05, 0.1) is 16.9 Å². The number of pyridine rings is 1. The monoisotopic (exact) mass is 397 g/mol. The maximum Gasteiger partial charge on any atom is 0.341 e. The minimum atomic E-state index is -1.32. The summed E-state index contributed by atoms with van der Waals surface area (Å²) >= 11 is 0. The largest absolute Gasteiger partial charge is 0.487 e. The normalized spacial score (nSPS) is 31.3. The van der Waals surface area contributed by atoms with Crippen molar-refractivity contribution in [1.29, 1.82) is 0 Å². The molecule has 2 aromatic rings. The van der Waals surface area contributed by atoms with Crippen molar-refractivity contribution >= 4 is 22.6 Å². The molecular formula is C21H20FN3O4. The van der Waals surface area contributed by atoms with E-state index in [0.29, 0.717) is 36.0 Å². The molecule has 3 heterocycles. The third-order valence-electron chi connectivity index (χ3n) is 7.08. The maximum atomic E-state index is 15.3. The molecule has 3 unspecified atom stereocenters. The number of rotatable bonds is 2. The van der Waals surface area contributed by atoms with Gasteiger partial charge in [-0.2, -0.15) is 0 Å². The quantitative estimate of drug-likeness (QED) is 0.751. The van der Waals surface area contributed by atoms with Crippen LogP contribution in [0.1, 0.15) is 29.7 Å². The second-order valence-electron chi connectivity index (χ2n) is 8.77. The molecule has 2 aliphatic heterocycles. The Morgan fingerprint density at radius 1 is 1.45 bits per heavy atom. The molecule has 29 heavy (non-hydrogen) atoms. The molecule has 0 spiro atoms. The lowest BCUT2D eigenvalue weighted by molar-refractivity contribution is 0.0694. The van der Waals surface area contributed by atoms with Crippen LogP contribution in [0.5, 0.6) is 5.75 Å². The second-order valence-corrected chi connectivity index (χ2v) is 8.77. The molecule has 2 fully saturated rings. The Morgan fingerprint density at radius 2 is 2.24 bits per heavy atom. The van der Waals surface area contributed by atoms with Gasteiger partial charge in [-0.1, -0.05) is 6.08 Å². The lowest BCUT2D eigenvalue weighted by Gasteiger charge is -2.31. The molecule has 4 atom stereocenters. The maximum absolute atomic E-state index is 15.3. The van der Waals surface area contributed by atoms with Gasteiger partial charge in [0.25, 0.3) is 0 Å². The molecule has 3 N–H and O–H groups in total. The number of carboxylic acids is 1. The number of hydrogen-bond acceptors (Lipinski definition) is 5. The summed E-state index contributed by atoms with van der Waals surface area (Å²) < 4.78 is 23.0. The molecule has 1 saturated carbocycles. The van der Waals surface area contributed by atoms with E-state index >= 15 is 4.39 Å². The van der Waals surface area contributed by atoms with Gasteiger partial charge in [0.2, 0.25) is 5.43 Å². The number of nitrogens with two attached hydrogens (primary N) is 1. The Balaban J connectivity index is 1.57. The summed E-state index contributed by atoms with van der Waals surface area (Å²) in [5, 5.41) is 9.43. The number of hydrogen-bond donors (Lipinski definition) is 2. The number of aromatic carboxylic acids is 1. The van der Waals surface area contributed by atoms with Crippen LogP contribution in [0.4, 0.5) is 10.1 Å². The SMILES string of the molecule is C[C@H]1COc2c(N3CC4=CC5CC5(N)C4C3)c(F)cc3c(=O)c(C(=O)O)cn1c23. The highest BCUT2D eigenvalue weighted by Crippen LogP contribution is 2.59. The van der Waals surface area contributed by atoms with Gasteiger partial charge in [0.15, 0.2) is 11.6 Å². The molecule has 1 aromatic heterocycles. The van der Waals surface area contributed by atoms with E-state index in [9.17, 15) is 14.7 Å². The van der Waals surface area contributed by atoms with Crippen molar-refractivity contribution in [2.75, 3.05) is 24.6 Å². The lowest BCUT2D eigenvalue weighted by Crippen LogP contribution is -2.35. The first-order chi connectivity index (χ1) is 13.8. The number of carboxylic acid groups (broad SMARTS) is 1. The van der Waals surface area contributed by atoms with Crippen molar-refractivity contribution in [2.24, 2.45) is 17.6 Å². The number of benzene rings is 1. The van der Waals surface area contributed by atoms with Crippen molar-refractivity contribution in [3.63, 3.8) is 0 Å². The fourth-order valence-electron chi connectivity index (χ4n) is 5.44. The van der Waals surface area contributed by atoms with Crippen LogP contribution >= 0.6 is 0 Å². The van der Waals surface area contributed by atoms with Crippen molar-refractivity contribution in [2.45, 2.75) is 24.9 Å². The standard InChI is InChI=1S/C21H20FN3O4/c1-9-8-29-19-16-12(18(26)13(20(27)28)6-25(9)16)3-15(22)17(19)24-5-10-2-11-4-21(11,23)14(10)7-24/h2-3,6,9,11,14H,4-5,7-8,23H2,1H3,(H,27,28)/t9-,11?,14?,21?/m0/s1. The van der Waals surface area contributed by atoms with Gasteiger partial charge in [0, 0.05) is 30.7 Å². The lowest BCUT2D eigenvalue weighted by atomic mass is 9.97. The summed E-state index contributed by atoms with van der Waals surface area (Å²) in [6, 6.07) is 0.976. The average molecular weight is 397 g/mol.